The Kier molecular flexibility index (Phi) is 5.31. The SMILES string of the molecule is COC(=O)C1(NC(=O)CCN2c3ccccc3Sc3ccccc32)CCCC1. The molecule has 1 N–H and O–H groups in total. The van der Waals surface area contributed by atoms with Gasteiger partial charge in [-0.3, -0.25) is 4.79 Å². The van der Waals surface area contributed by atoms with E-state index < -0.39 is 5.54 Å². The number of rotatable bonds is 5. The average molecular weight is 397 g/mol. The number of methoxy groups -OCH3 is 1. The van der Waals surface area contributed by atoms with Crippen LogP contribution in [0.1, 0.15) is 32.1 Å². The molecule has 4 rings (SSSR count). The Hall–Kier alpha value is -2.47. The maximum absolute atomic E-state index is 12.7. The molecule has 0 radical (unpaired) electrons. The van der Waals surface area contributed by atoms with Crippen molar-refractivity contribution < 1.29 is 14.3 Å². The number of carbonyl (C=O) groups excluding carboxylic acids is 2. The number of benzene rings is 2. The fourth-order valence-electron chi connectivity index (χ4n) is 4.12. The topological polar surface area (TPSA) is 58.6 Å². The van der Waals surface area contributed by atoms with Crippen molar-refractivity contribution in [2.45, 2.75) is 47.4 Å². The Morgan fingerprint density at radius 1 is 1.04 bits per heavy atom. The molecular formula is C22H24N2O3S. The van der Waals surface area contributed by atoms with Crippen LogP contribution in [-0.4, -0.2) is 31.1 Å². The van der Waals surface area contributed by atoms with Gasteiger partial charge in [0, 0.05) is 22.8 Å². The molecule has 2 aromatic carbocycles. The second-order valence-electron chi connectivity index (χ2n) is 7.27. The molecule has 2 aromatic rings. The highest BCUT2D eigenvalue weighted by atomic mass is 32.2. The summed E-state index contributed by atoms with van der Waals surface area (Å²) >= 11 is 1.75. The van der Waals surface area contributed by atoms with Gasteiger partial charge in [-0.05, 0) is 37.1 Å². The molecule has 1 fully saturated rings. The highest BCUT2D eigenvalue weighted by molar-refractivity contribution is 7.99. The first-order chi connectivity index (χ1) is 13.6. The number of amides is 1. The monoisotopic (exact) mass is 396 g/mol. The third-order valence-corrected chi connectivity index (χ3v) is 6.64. The number of nitrogens with one attached hydrogen (secondary N) is 1. The highest BCUT2D eigenvalue weighted by Crippen LogP contribution is 2.47. The molecule has 146 valence electrons. The number of para-hydroxylation sites is 2. The molecule has 0 bridgehead atoms. The van der Waals surface area contributed by atoms with Crippen molar-refractivity contribution in [2.24, 2.45) is 0 Å². The Labute approximate surface area is 169 Å². The molecule has 1 aliphatic carbocycles. The fourth-order valence-corrected chi connectivity index (χ4v) is 5.21. The molecule has 6 heteroatoms. The first-order valence-corrected chi connectivity index (χ1v) is 10.5. The summed E-state index contributed by atoms with van der Waals surface area (Å²) in [6.07, 6.45) is 3.47. The Bertz CT molecular complexity index is 847. The molecule has 0 saturated heterocycles. The Morgan fingerprint density at radius 3 is 2.18 bits per heavy atom. The molecule has 5 nitrogen and oxygen atoms in total. The van der Waals surface area contributed by atoms with Crippen LogP contribution in [0.2, 0.25) is 0 Å². The molecule has 1 amide bonds. The third-order valence-electron chi connectivity index (χ3n) is 5.51. The van der Waals surface area contributed by atoms with E-state index in [1.54, 1.807) is 11.8 Å². The molecule has 1 saturated carbocycles. The quantitative estimate of drug-likeness (QED) is 0.765. The first-order valence-electron chi connectivity index (χ1n) is 9.66. The maximum atomic E-state index is 12.7. The summed E-state index contributed by atoms with van der Waals surface area (Å²) in [7, 11) is 1.38. The molecule has 0 unspecified atom stereocenters. The van der Waals surface area contributed by atoms with Crippen molar-refractivity contribution in [3.05, 3.63) is 48.5 Å². The van der Waals surface area contributed by atoms with Gasteiger partial charge >= 0.3 is 5.97 Å². The second-order valence-corrected chi connectivity index (χ2v) is 8.35. The molecule has 2 aliphatic rings. The van der Waals surface area contributed by atoms with E-state index in [0.717, 1.165) is 24.2 Å². The number of carbonyl (C=O) groups is 2. The van der Waals surface area contributed by atoms with Crippen molar-refractivity contribution in [2.75, 3.05) is 18.6 Å². The predicted octanol–water partition coefficient (Wildman–Crippen LogP) is 4.28. The van der Waals surface area contributed by atoms with Gasteiger partial charge in [-0.2, -0.15) is 0 Å². The van der Waals surface area contributed by atoms with Crippen LogP contribution in [0.3, 0.4) is 0 Å². The molecule has 0 spiro atoms. The zero-order valence-corrected chi connectivity index (χ0v) is 16.8. The van der Waals surface area contributed by atoms with Gasteiger partial charge in [0.25, 0.3) is 0 Å². The van der Waals surface area contributed by atoms with E-state index in [2.05, 4.69) is 34.5 Å². The van der Waals surface area contributed by atoms with Gasteiger partial charge in [0.15, 0.2) is 0 Å². The van der Waals surface area contributed by atoms with Crippen molar-refractivity contribution in [3.63, 3.8) is 0 Å². The van der Waals surface area contributed by atoms with Crippen molar-refractivity contribution in [3.8, 4) is 0 Å². The van der Waals surface area contributed by atoms with Crippen LogP contribution in [0.5, 0.6) is 0 Å². The summed E-state index contributed by atoms with van der Waals surface area (Å²) in [4.78, 5) is 29.6. The largest absolute Gasteiger partial charge is 0.467 e. The highest BCUT2D eigenvalue weighted by Gasteiger charge is 2.43. The van der Waals surface area contributed by atoms with E-state index in [1.807, 2.05) is 24.3 Å². The molecule has 0 aromatic heterocycles. The van der Waals surface area contributed by atoms with Crippen LogP contribution in [0.15, 0.2) is 58.3 Å². The van der Waals surface area contributed by atoms with E-state index in [-0.39, 0.29) is 11.9 Å². The zero-order chi connectivity index (χ0) is 19.6. The van der Waals surface area contributed by atoms with Gasteiger partial charge < -0.3 is 15.0 Å². The average Bonchev–Trinajstić information content (AvgIpc) is 3.20. The number of hydrogen-bond acceptors (Lipinski definition) is 5. The van der Waals surface area contributed by atoms with Gasteiger partial charge in [0.1, 0.15) is 5.54 Å². The second kappa shape index (κ2) is 7.87. The van der Waals surface area contributed by atoms with Gasteiger partial charge in [-0.15, -0.1) is 0 Å². The summed E-state index contributed by atoms with van der Waals surface area (Å²) < 4.78 is 4.96. The summed E-state index contributed by atoms with van der Waals surface area (Å²) in [6.45, 7) is 0.553. The van der Waals surface area contributed by atoms with Gasteiger partial charge in [-0.25, -0.2) is 4.79 Å². The van der Waals surface area contributed by atoms with E-state index in [1.165, 1.54) is 16.9 Å². The minimum Gasteiger partial charge on any atom is -0.467 e. The van der Waals surface area contributed by atoms with Crippen molar-refractivity contribution in [1.29, 1.82) is 0 Å². The van der Waals surface area contributed by atoms with Crippen LogP contribution in [-0.2, 0) is 14.3 Å². The molecule has 1 heterocycles. The van der Waals surface area contributed by atoms with E-state index >= 15 is 0 Å². The van der Waals surface area contributed by atoms with Gasteiger partial charge in [0.05, 0.1) is 18.5 Å². The van der Waals surface area contributed by atoms with E-state index in [9.17, 15) is 9.59 Å². The smallest absolute Gasteiger partial charge is 0.331 e. The standard InChI is InChI=1S/C22H24N2O3S/c1-27-21(26)22(13-6-7-14-22)23-20(25)12-15-24-16-8-2-4-10-18(16)28-19-11-5-3-9-17(19)24/h2-5,8-11H,6-7,12-15H2,1H3,(H,23,25). The number of nitrogens with zero attached hydrogens (tertiary/aromatic N) is 1. The lowest BCUT2D eigenvalue weighted by Gasteiger charge is -2.33. The number of esters is 1. The molecule has 1 aliphatic heterocycles. The Balaban J connectivity index is 1.51. The van der Waals surface area contributed by atoms with E-state index in [4.69, 9.17) is 4.74 Å². The van der Waals surface area contributed by atoms with Crippen molar-refractivity contribution in [1.82, 2.24) is 5.32 Å². The number of hydrogen-bond donors (Lipinski definition) is 1. The van der Waals surface area contributed by atoms with Crippen molar-refractivity contribution >= 4 is 35.0 Å². The lowest BCUT2D eigenvalue weighted by atomic mass is 9.97. The van der Waals surface area contributed by atoms with Crippen LogP contribution in [0.25, 0.3) is 0 Å². The van der Waals surface area contributed by atoms with Gasteiger partial charge in [0.2, 0.25) is 5.91 Å². The van der Waals surface area contributed by atoms with Crippen LogP contribution in [0.4, 0.5) is 11.4 Å². The number of ether oxygens (including phenoxy) is 1. The minimum atomic E-state index is -0.848. The number of anilines is 2. The van der Waals surface area contributed by atoms with Crippen LogP contribution >= 0.6 is 11.8 Å². The summed E-state index contributed by atoms with van der Waals surface area (Å²) in [6, 6.07) is 16.5. The minimum absolute atomic E-state index is 0.111. The predicted molar refractivity (Wildman–Crippen MR) is 110 cm³/mol. The molecule has 28 heavy (non-hydrogen) atoms. The summed E-state index contributed by atoms with van der Waals surface area (Å²) in [5.74, 6) is -0.441. The van der Waals surface area contributed by atoms with Gasteiger partial charge in [-0.1, -0.05) is 48.9 Å². The van der Waals surface area contributed by atoms with E-state index in [0.29, 0.717) is 25.8 Å². The first kappa shape index (κ1) is 18.9. The van der Waals surface area contributed by atoms with Crippen LogP contribution < -0.4 is 10.2 Å². The van der Waals surface area contributed by atoms with Crippen LogP contribution in [0, 0.1) is 0 Å². The Morgan fingerprint density at radius 2 is 1.61 bits per heavy atom. The summed E-state index contributed by atoms with van der Waals surface area (Å²) in [5, 5.41) is 2.99. The normalized spacial score (nSPS) is 16.8. The third kappa shape index (κ3) is 3.49. The molecular weight excluding hydrogens is 372 g/mol. The lowest BCUT2D eigenvalue weighted by molar-refractivity contribution is -0.150. The number of fused-ring (bicyclic) bond motifs is 2. The maximum Gasteiger partial charge on any atom is 0.331 e. The summed E-state index contributed by atoms with van der Waals surface area (Å²) in [5.41, 5.74) is 1.38. The molecule has 0 atom stereocenters. The zero-order valence-electron chi connectivity index (χ0n) is 15.9. The lowest BCUT2D eigenvalue weighted by Crippen LogP contribution is -2.53. The fraction of sp³-hybridized carbons (Fsp3) is 0.364.